The van der Waals surface area contributed by atoms with Crippen molar-refractivity contribution in [2.45, 2.75) is 45.2 Å². The zero-order valence-corrected chi connectivity index (χ0v) is 11.2. The topological polar surface area (TPSA) is 133 Å². The Labute approximate surface area is 102 Å². The summed E-state index contributed by atoms with van der Waals surface area (Å²) in [6, 6.07) is 0. The van der Waals surface area contributed by atoms with E-state index in [2.05, 4.69) is 12.3 Å². The van der Waals surface area contributed by atoms with Gasteiger partial charge in [-0.1, -0.05) is 26.7 Å². The second kappa shape index (κ2) is 10.7. The molecular weight excluding hydrogens is 247 g/mol. The fourth-order valence-electron chi connectivity index (χ4n) is 1.03. The standard InChI is InChI=1S/C5H14N2.C4H9O5P/c1-2-3-4-5-7-6;1-2-3(4(5)6)10(7,8)9/h7H,2-6H2,1H3;3H,2H2,1H3,(H,5,6)(H2,7,8,9). The molecule has 0 saturated heterocycles. The minimum absolute atomic E-state index is 0.0559. The Morgan fingerprint density at radius 3 is 2.06 bits per heavy atom. The summed E-state index contributed by atoms with van der Waals surface area (Å²) in [6.45, 7) is 4.54. The third-order valence-electron chi connectivity index (χ3n) is 2.00. The van der Waals surface area contributed by atoms with E-state index in [4.69, 9.17) is 20.7 Å². The van der Waals surface area contributed by atoms with Gasteiger partial charge in [-0.3, -0.25) is 20.6 Å². The number of carbonyl (C=O) groups is 1. The Hall–Kier alpha value is -0.460. The van der Waals surface area contributed by atoms with E-state index in [-0.39, 0.29) is 6.42 Å². The lowest BCUT2D eigenvalue weighted by Crippen LogP contribution is -2.22. The first-order valence-corrected chi connectivity index (χ1v) is 7.20. The molecule has 1 unspecified atom stereocenters. The average Bonchev–Trinajstić information content (AvgIpc) is 2.17. The van der Waals surface area contributed by atoms with E-state index in [1.54, 1.807) is 0 Å². The normalized spacial score (nSPS) is 12.5. The van der Waals surface area contributed by atoms with E-state index in [1.807, 2.05) is 0 Å². The number of hydrogen-bond acceptors (Lipinski definition) is 4. The number of hydrogen-bond donors (Lipinski definition) is 5. The number of carboxylic acid groups (broad SMARTS) is 1. The molecular formula is C9H23N2O5P. The molecule has 0 spiro atoms. The predicted octanol–water partition coefficient (Wildman–Crippen LogP) is 0.667. The van der Waals surface area contributed by atoms with E-state index in [0.717, 1.165) is 6.54 Å². The van der Waals surface area contributed by atoms with Gasteiger partial charge in [-0.05, 0) is 12.8 Å². The molecule has 0 amide bonds. The van der Waals surface area contributed by atoms with Crippen molar-refractivity contribution in [1.29, 1.82) is 0 Å². The van der Waals surface area contributed by atoms with E-state index in [9.17, 15) is 9.36 Å². The monoisotopic (exact) mass is 270 g/mol. The first kappa shape index (κ1) is 18.9. The minimum atomic E-state index is -4.43. The highest BCUT2D eigenvalue weighted by Gasteiger charge is 2.33. The first-order valence-electron chi connectivity index (χ1n) is 5.52. The van der Waals surface area contributed by atoms with Crippen LogP contribution < -0.4 is 11.3 Å². The molecule has 0 aliphatic heterocycles. The van der Waals surface area contributed by atoms with Gasteiger partial charge in [0, 0.05) is 6.54 Å². The Kier molecular flexibility index (Phi) is 11.9. The molecule has 0 bridgehead atoms. The van der Waals surface area contributed by atoms with Crippen LogP contribution in [0.4, 0.5) is 0 Å². The molecule has 0 fully saturated rings. The molecule has 1 atom stereocenters. The van der Waals surface area contributed by atoms with Crippen LogP contribution in [0.3, 0.4) is 0 Å². The van der Waals surface area contributed by atoms with Gasteiger partial charge < -0.3 is 14.9 Å². The van der Waals surface area contributed by atoms with Crippen LogP contribution in [0, 0.1) is 0 Å². The van der Waals surface area contributed by atoms with Gasteiger partial charge in [0.15, 0.2) is 5.66 Å². The number of aliphatic carboxylic acids is 1. The first-order chi connectivity index (χ1) is 7.81. The molecule has 0 aliphatic carbocycles. The zero-order valence-electron chi connectivity index (χ0n) is 10.3. The van der Waals surface area contributed by atoms with Gasteiger partial charge in [-0.15, -0.1) is 0 Å². The molecule has 0 heterocycles. The van der Waals surface area contributed by atoms with Crippen LogP contribution >= 0.6 is 7.60 Å². The van der Waals surface area contributed by atoms with Crippen molar-refractivity contribution in [3.8, 4) is 0 Å². The van der Waals surface area contributed by atoms with Crippen LogP contribution in [0.2, 0.25) is 0 Å². The van der Waals surface area contributed by atoms with Gasteiger partial charge in [0.25, 0.3) is 0 Å². The summed E-state index contributed by atoms with van der Waals surface area (Å²) >= 11 is 0. The van der Waals surface area contributed by atoms with E-state index >= 15 is 0 Å². The van der Waals surface area contributed by atoms with Crippen LogP contribution in [-0.2, 0) is 9.36 Å². The van der Waals surface area contributed by atoms with Gasteiger partial charge in [-0.25, -0.2) is 0 Å². The fraction of sp³-hybridized carbons (Fsp3) is 0.889. The van der Waals surface area contributed by atoms with Crippen LogP contribution in [0.1, 0.15) is 39.5 Å². The Bertz CT molecular complexity index is 240. The summed E-state index contributed by atoms with van der Waals surface area (Å²) in [5.41, 5.74) is 1.05. The highest BCUT2D eigenvalue weighted by atomic mass is 31.2. The van der Waals surface area contributed by atoms with Crippen molar-refractivity contribution >= 4 is 13.6 Å². The molecule has 17 heavy (non-hydrogen) atoms. The van der Waals surface area contributed by atoms with E-state index in [0.29, 0.717) is 0 Å². The molecule has 0 radical (unpaired) electrons. The van der Waals surface area contributed by atoms with Crippen molar-refractivity contribution in [1.82, 2.24) is 5.43 Å². The van der Waals surface area contributed by atoms with E-state index < -0.39 is 19.2 Å². The van der Waals surface area contributed by atoms with E-state index in [1.165, 1.54) is 26.2 Å². The van der Waals surface area contributed by atoms with Crippen molar-refractivity contribution in [2.75, 3.05) is 6.54 Å². The SMILES string of the molecule is CCC(C(=O)O)P(=O)(O)O.CCCCCNN. The summed E-state index contributed by atoms with van der Waals surface area (Å²) in [6.07, 6.45) is 3.69. The van der Waals surface area contributed by atoms with Crippen molar-refractivity contribution in [3.05, 3.63) is 0 Å². The molecule has 0 aliphatic rings. The minimum Gasteiger partial charge on any atom is -0.481 e. The summed E-state index contributed by atoms with van der Waals surface area (Å²) in [4.78, 5) is 26.8. The predicted molar refractivity (Wildman–Crippen MR) is 65.5 cm³/mol. The van der Waals surface area contributed by atoms with Crippen LogP contribution in [0.15, 0.2) is 0 Å². The van der Waals surface area contributed by atoms with Crippen molar-refractivity contribution < 1.29 is 24.3 Å². The number of nitrogens with two attached hydrogens (primary N) is 1. The molecule has 7 nitrogen and oxygen atoms in total. The number of nitrogens with one attached hydrogen (secondary N) is 1. The smallest absolute Gasteiger partial charge is 0.339 e. The maximum Gasteiger partial charge on any atom is 0.339 e. The third-order valence-corrected chi connectivity index (χ3v) is 3.40. The Morgan fingerprint density at radius 1 is 1.35 bits per heavy atom. The average molecular weight is 270 g/mol. The second-order valence-electron chi connectivity index (χ2n) is 3.51. The maximum absolute atomic E-state index is 10.3. The van der Waals surface area contributed by atoms with Gasteiger partial charge in [-0.2, -0.15) is 0 Å². The van der Waals surface area contributed by atoms with Crippen LogP contribution in [0.25, 0.3) is 0 Å². The van der Waals surface area contributed by atoms with Gasteiger partial charge in [0.2, 0.25) is 0 Å². The summed E-state index contributed by atoms with van der Waals surface area (Å²) in [7, 11) is -4.43. The molecule has 0 aromatic heterocycles. The molecule has 0 aromatic carbocycles. The summed E-state index contributed by atoms with van der Waals surface area (Å²) in [5, 5.41) is 8.22. The molecule has 104 valence electrons. The number of hydrazine groups is 1. The fourth-order valence-corrected chi connectivity index (χ4v) is 1.80. The Balaban J connectivity index is 0. The number of unbranched alkanes of at least 4 members (excludes halogenated alkanes) is 2. The van der Waals surface area contributed by atoms with Crippen LogP contribution in [0.5, 0.6) is 0 Å². The molecule has 0 rings (SSSR count). The highest BCUT2D eigenvalue weighted by Crippen LogP contribution is 2.42. The van der Waals surface area contributed by atoms with Gasteiger partial charge in [0.05, 0.1) is 0 Å². The maximum atomic E-state index is 10.3. The lowest BCUT2D eigenvalue weighted by atomic mass is 10.3. The van der Waals surface area contributed by atoms with Crippen LogP contribution in [-0.4, -0.2) is 33.1 Å². The van der Waals surface area contributed by atoms with Gasteiger partial charge in [0.1, 0.15) is 0 Å². The lowest BCUT2D eigenvalue weighted by molar-refractivity contribution is -0.136. The number of rotatable bonds is 7. The summed E-state index contributed by atoms with van der Waals surface area (Å²) in [5.74, 6) is 3.57. The van der Waals surface area contributed by atoms with Crippen molar-refractivity contribution in [3.63, 3.8) is 0 Å². The highest BCUT2D eigenvalue weighted by molar-refractivity contribution is 7.53. The molecule has 0 saturated carbocycles. The summed E-state index contributed by atoms with van der Waals surface area (Å²) < 4.78 is 10.3. The molecule has 0 aromatic rings. The largest absolute Gasteiger partial charge is 0.481 e. The zero-order chi connectivity index (χ0) is 13.9. The molecule has 6 N–H and O–H groups in total. The molecule has 8 heteroatoms. The third kappa shape index (κ3) is 11.8. The van der Waals surface area contributed by atoms with Gasteiger partial charge >= 0.3 is 13.6 Å². The number of carboxylic acids is 1. The lowest BCUT2D eigenvalue weighted by Gasteiger charge is -2.10. The second-order valence-corrected chi connectivity index (χ2v) is 5.31. The Morgan fingerprint density at radius 2 is 1.88 bits per heavy atom. The quantitative estimate of drug-likeness (QED) is 0.199. The van der Waals surface area contributed by atoms with Crippen molar-refractivity contribution in [2.24, 2.45) is 5.84 Å².